The summed E-state index contributed by atoms with van der Waals surface area (Å²) in [5.74, 6) is 0. The van der Waals surface area contributed by atoms with Gasteiger partial charge in [0.1, 0.15) is 4.90 Å². The number of alkyl halides is 2. The second-order valence-electron chi connectivity index (χ2n) is 7.75. The van der Waals surface area contributed by atoms with Gasteiger partial charge in [-0.3, -0.25) is 4.79 Å². The number of carbonyl (C=O) groups excluding carboxylic acids is 1. The van der Waals surface area contributed by atoms with Crippen molar-refractivity contribution in [1.82, 2.24) is 4.31 Å². The predicted octanol–water partition coefficient (Wildman–Crippen LogP) is 3.34. The van der Waals surface area contributed by atoms with Crippen LogP contribution in [0.5, 0.6) is 0 Å². The summed E-state index contributed by atoms with van der Waals surface area (Å²) < 4.78 is 56.4. The minimum Gasteiger partial charge on any atom is -0.397 e. The molecule has 0 aliphatic carbocycles. The second-order valence-corrected chi connectivity index (χ2v) is 10.1. The first-order valence-electron chi connectivity index (χ1n) is 10.7. The number of benzene rings is 2. The molecule has 2 saturated heterocycles. The van der Waals surface area contributed by atoms with E-state index in [9.17, 15) is 22.0 Å². The van der Waals surface area contributed by atoms with Crippen molar-refractivity contribution in [3.05, 3.63) is 46.5 Å². The van der Waals surface area contributed by atoms with E-state index < -0.39 is 22.0 Å². The Kier molecular flexibility index (Phi) is 9.00. The molecule has 2 fully saturated rings. The predicted molar refractivity (Wildman–Crippen MR) is 131 cm³/mol. The van der Waals surface area contributed by atoms with Crippen LogP contribution in [0, 0.1) is 5.41 Å². The monoisotopic (exact) mass is 529 g/mol. The van der Waals surface area contributed by atoms with Crippen LogP contribution in [0.25, 0.3) is 0 Å². The van der Waals surface area contributed by atoms with Gasteiger partial charge in [0, 0.05) is 49.2 Å². The minimum absolute atomic E-state index is 0.0168. The quantitative estimate of drug-likeness (QED) is 0.286. The lowest BCUT2D eigenvalue weighted by atomic mass is 10.1. The van der Waals surface area contributed by atoms with Gasteiger partial charge in [0.15, 0.2) is 0 Å². The highest BCUT2D eigenvalue weighted by molar-refractivity contribution is 7.89. The van der Waals surface area contributed by atoms with Crippen LogP contribution >= 0.6 is 11.6 Å². The van der Waals surface area contributed by atoms with E-state index in [0.29, 0.717) is 30.2 Å². The molecular formula is C22H26ClF2N5O4S. The molecule has 0 bridgehead atoms. The van der Waals surface area contributed by atoms with E-state index in [-0.39, 0.29) is 16.1 Å². The molecule has 0 atom stereocenters. The highest BCUT2D eigenvalue weighted by Crippen LogP contribution is 2.32. The Labute approximate surface area is 207 Å². The Morgan fingerprint density at radius 2 is 1.83 bits per heavy atom. The van der Waals surface area contributed by atoms with Crippen LogP contribution in [0.4, 0.5) is 25.8 Å². The SMILES string of the molecule is N=Cc1cc(C(F)F)cc(S(=O)(=O)N2CCC2)c1N.O=CNc1ccc(N2CCOCC2)c(Cl)c1. The van der Waals surface area contributed by atoms with Gasteiger partial charge in [0.25, 0.3) is 6.43 Å². The molecule has 4 N–H and O–H groups in total. The largest absolute Gasteiger partial charge is 0.397 e. The summed E-state index contributed by atoms with van der Waals surface area (Å²) >= 11 is 6.16. The summed E-state index contributed by atoms with van der Waals surface area (Å²) in [6, 6.07) is 7.42. The smallest absolute Gasteiger partial charge is 0.263 e. The zero-order valence-electron chi connectivity index (χ0n) is 18.7. The molecule has 4 rings (SSSR count). The topological polar surface area (TPSA) is 129 Å². The van der Waals surface area contributed by atoms with Gasteiger partial charge in [-0.1, -0.05) is 11.6 Å². The fourth-order valence-corrected chi connectivity index (χ4v) is 5.52. The third-order valence-electron chi connectivity index (χ3n) is 5.56. The van der Waals surface area contributed by atoms with Crippen LogP contribution in [0.15, 0.2) is 35.2 Å². The number of morpholine rings is 1. The van der Waals surface area contributed by atoms with Gasteiger partial charge in [-0.15, -0.1) is 0 Å². The molecule has 0 radical (unpaired) electrons. The number of amides is 1. The van der Waals surface area contributed by atoms with E-state index in [1.54, 1.807) is 6.07 Å². The number of sulfonamides is 1. The number of hydrogen-bond acceptors (Lipinski definition) is 7. The molecule has 0 aromatic heterocycles. The van der Waals surface area contributed by atoms with Gasteiger partial charge in [-0.25, -0.2) is 17.2 Å². The van der Waals surface area contributed by atoms with E-state index in [2.05, 4.69) is 10.2 Å². The highest BCUT2D eigenvalue weighted by atomic mass is 35.5. The lowest BCUT2D eigenvalue weighted by Gasteiger charge is -2.30. The summed E-state index contributed by atoms with van der Waals surface area (Å²) in [7, 11) is -3.85. The Morgan fingerprint density at radius 1 is 1.14 bits per heavy atom. The number of rotatable bonds is 7. The summed E-state index contributed by atoms with van der Waals surface area (Å²) in [5.41, 5.74) is 6.73. The molecular weight excluding hydrogens is 504 g/mol. The molecule has 13 heteroatoms. The Balaban J connectivity index is 0.000000198. The molecule has 1 amide bonds. The van der Waals surface area contributed by atoms with E-state index in [1.807, 2.05) is 12.1 Å². The second kappa shape index (κ2) is 11.8. The molecule has 2 aromatic rings. The lowest BCUT2D eigenvalue weighted by molar-refractivity contribution is -0.105. The number of nitrogens with two attached hydrogens (primary N) is 1. The first-order valence-corrected chi connectivity index (χ1v) is 12.6. The fourth-order valence-electron chi connectivity index (χ4n) is 3.52. The first-order chi connectivity index (χ1) is 16.7. The van der Waals surface area contributed by atoms with Crippen LogP contribution in [0.3, 0.4) is 0 Å². The van der Waals surface area contributed by atoms with Gasteiger partial charge >= 0.3 is 0 Å². The first kappa shape index (κ1) is 26.8. The van der Waals surface area contributed by atoms with Crippen molar-refractivity contribution in [3.8, 4) is 0 Å². The number of nitrogen functional groups attached to an aromatic ring is 1. The molecule has 9 nitrogen and oxygen atoms in total. The Bertz CT molecular complexity index is 1170. The van der Waals surface area contributed by atoms with Crippen LogP contribution in [-0.2, 0) is 19.6 Å². The van der Waals surface area contributed by atoms with Crippen molar-refractivity contribution in [2.24, 2.45) is 0 Å². The maximum Gasteiger partial charge on any atom is 0.263 e. The summed E-state index contributed by atoms with van der Waals surface area (Å²) in [6.45, 7) is 3.87. The molecule has 2 aliphatic heterocycles. The Hall–Kier alpha value is -2.80. The molecule has 2 aromatic carbocycles. The number of hydrogen-bond donors (Lipinski definition) is 3. The number of nitrogens with one attached hydrogen (secondary N) is 2. The van der Waals surface area contributed by atoms with Crippen LogP contribution in [-0.4, -0.2) is 64.7 Å². The molecule has 35 heavy (non-hydrogen) atoms. The van der Waals surface area contributed by atoms with E-state index in [4.69, 9.17) is 27.5 Å². The maximum absolute atomic E-state index is 12.8. The third-order valence-corrected chi connectivity index (χ3v) is 7.80. The third kappa shape index (κ3) is 6.26. The molecule has 190 valence electrons. The number of carbonyl (C=O) groups is 1. The lowest BCUT2D eigenvalue weighted by Crippen LogP contribution is -2.42. The maximum atomic E-state index is 12.8. The van der Waals surface area contributed by atoms with Crippen molar-refractivity contribution in [3.63, 3.8) is 0 Å². The average molecular weight is 530 g/mol. The fraction of sp³-hybridized carbons (Fsp3) is 0.364. The van der Waals surface area contributed by atoms with Crippen molar-refractivity contribution in [1.29, 1.82) is 5.41 Å². The highest BCUT2D eigenvalue weighted by Gasteiger charge is 2.32. The van der Waals surface area contributed by atoms with Crippen molar-refractivity contribution >= 4 is 51.3 Å². The van der Waals surface area contributed by atoms with Crippen LogP contribution < -0.4 is 16.0 Å². The van der Waals surface area contributed by atoms with Gasteiger partial charge in [0.05, 0.1) is 29.6 Å². The zero-order valence-corrected chi connectivity index (χ0v) is 20.3. The average Bonchev–Trinajstić information content (AvgIpc) is 2.79. The molecule has 2 aliphatic rings. The standard InChI is InChI=1S/C11H13ClN2O2.C11H13F2N3O2S/c12-10-7-9(13-8-15)1-2-11(10)14-3-5-16-6-4-14;12-11(13)7-4-8(6-14)10(15)9(5-7)19(17,18)16-2-1-3-16/h1-2,7-8H,3-6H2,(H,13,15);4-6,11,14H,1-3,15H2. The van der Waals surface area contributed by atoms with Gasteiger partial charge in [0.2, 0.25) is 16.4 Å². The van der Waals surface area contributed by atoms with E-state index in [0.717, 1.165) is 56.8 Å². The summed E-state index contributed by atoms with van der Waals surface area (Å²) in [6.07, 6.45) is -0.661. The molecule has 2 heterocycles. The molecule has 0 unspecified atom stereocenters. The van der Waals surface area contributed by atoms with E-state index in [1.165, 1.54) is 4.31 Å². The minimum atomic E-state index is -3.85. The van der Waals surface area contributed by atoms with Crippen molar-refractivity contribution in [2.75, 3.05) is 55.3 Å². The van der Waals surface area contributed by atoms with Gasteiger partial charge in [-0.2, -0.15) is 4.31 Å². The van der Waals surface area contributed by atoms with Crippen LogP contribution in [0.1, 0.15) is 24.0 Å². The molecule has 0 spiro atoms. The zero-order chi connectivity index (χ0) is 25.6. The number of nitrogens with zero attached hydrogens (tertiary/aromatic N) is 2. The van der Waals surface area contributed by atoms with Crippen LogP contribution in [0.2, 0.25) is 5.02 Å². The normalized spacial score (nSPS) is 16.2. The van der Waals surface area contributed by atoms with Crippen molar-refractivity contribution < 1.29 is 26.7 Å². The van der Waals surface area contributed by atoms with Crippen molar-refractivity contribution in [2.45, 2.75) is 17.7 Å². The number of ether oxygens (including phenoxy) is 1. The van der Waals surface area contributed by atoms with Gasteiger partial charge in [-0.05, 0) is 36.8 Å². The summed E-state index contributed by atoms with van der Waals surface area (Å²) in [5, 5.41) is 10.3. The number of anilines is 3. The number of halogens is 3. The van der Waals surface area contributed by atoms with E-state index >= 15 is 0 Å². The molecule has 0 saturated carbocycles. The van der Waals surface area contributed by atoms with Gasteiger partial charge < -0.3 is 26.1 Å². The Morgan fingerprint density at radius 3 is 2.34 bits per heavy atom. The summed E-state index contributed by atoms with van der Waals surface area (Å²) in [4.78, 5) is 12.1.